The smallest absolute Gasteiger partial charge is 0.295 e. The molecule has 0 unspecified atom stereocenters. The third-order valence-corrected chi connectivity index (χ3v) is 8.77. The lowest BCUT2D eigenvalue weighted by molar-refractivity contribution is -0.172. The number of hydrogen-bond acceptors (Lipinski definition) is 6. The molecular weight excluding hydrogens is 504 g/mol. The average molecular weight is 528 g/mol. The zero-order valence-corrected chi connectivity index (χ0v) is 20.7. The molecule has 0 spiro atoms. The van der Waals surface area contributed by atoms with Gasteiger partial charge in [0.05, 0.1) is 11.0 Å². The summed E-state index contributed by atoms with van der Waals surface area (Å²) in [6, 6.07) is 10.2. The van der Waals surface area contributed by atoms with Crippen LogP contribution >= 0.6 is 0 Å². The van der Waals surface area contributed by atoms with Gasteiger partial charge in [-0.15, -0.1) is 0 Å². The molecule has 3 heterocycles. The van der Waals surface area contributed by atoms with Crippen molar-refractivity contribution < 1.29 is 35.8 Å². The van der Waals surface area contributed by atoms with Crippen molar-refractivity contribution in [1.82, 2.24) is 0 Å². The predicted octanol–water partition coefficient (Wildman–Crippen LogP) is 2.06. The van der Waals surface area contributed by atoms with Crippen LogP contribution in [-0.2, 0) is 33.1 Å². The maximum absolute atomic E-state index is 12.5. The Hall–Kier alpha value is -3.25. The first-order valence-electron chi connectivity index (χ1n) is 11.5. The van der Waals surface area contributed by atoms with Gasteiger partial charge in [-0.3, -0.25) is 14.5 Å². The SMILES string of the molecule is [NH2+]=c1ccc2c(-c3ccc(S(=O)(=O)O)cc3S(=O)(=O)O)c3cc4c5c(c3oc-2c1)CCCN5CCC4. The molecule has 36 heavy (non-hydrogen) atoms. The summed E-state index contributed by atoms with van der Waals surface area (Å²) in [6.45, 7) is 1.92. The highest BCUT2D eigenvalue weighted by Crippen LogP contribution is 2.48. The minimum atomic E-state index is -4.88. The average Bonchev–Trinajstić information content (AvgIpc) is 2.82. The molecule has 2 aromatic rings. The highest BCUT2D eigenvalue weighted by Gasteiger charge is 2.31. The third-order valence-electron chi connectivity index (χ3n) is 7.03. The predicted molar refractivity (Wildman–Crippen MR) is 132 cm³/mol. The number of hydrogen-bond donors (Lipinski definition) is 3. The molecule has 11 heteroatoms. The standard InChI is InChI=1S/C25H22N2O7S2/c26-15-5-7-17-21(12-15)34-25-19-4-2-10-27-9-1-3-14(24(19)27)11-20(25)23(17)18-8-6-16(35(28,29)30)13-22(18)36(31,32)33/h5-8,11-13,26H,1-4,9-10H2,(H,28,29,30)(H,31,32,33)/p+1. The molecule has 0 saturated heterocycles. The molecule has 0 saturated carbocycles. The highest BCUT2D eigenvalue weighted by atomic mass is 32.2. The summed E-state index contributed by atoms with van der Waals surface area (Å²) in [7, 11) is -9.59. The van der Waals surface area contributed by atoms with Crippen LogP contribution in [0.5, 0.6) is 0 Å². The van der Waals surface area contributed by atoms with Crippen LogP contribution in [0.1, 0.15) is 24.0 Å². The van der Waals surface area contributed by atoms with Gasteiger partial charge in [0, 0.05) is 52.5 Å². The van der Waals surface area contributed by atoms with Crippen LogP contribution in [0, 0.1) is 0 Å². The van der Waals surface area contributed by atoms with Crippen molar-refractivity contribution in [2.75, 3.05) is 18.0 Å². The molecule has 4 aliphatic rings. The fourth-order valence-electron chi connectivity index (χ4n) is 5.59. The lowest BCUT2D eigenvalue weighted by atomic mass is 9.86. The minimum absolute atomic E-state index is 0.0936. The molecule has 0 aromatic heterocycles. The zero-order valence-electron chi connectivity index (χ0n) is 19.1. The molecule has 0 atom stereocenters. The second-order valence-electron chi connectivity index (χ2n) is 9.27. The van der Waals surface area contributed by atoms with Gasteiger partial charge in [0.25, 0.3) is 20.2 Å². The van der Waals surface area contributed by atoms with E-state index in [0.29, 0.717) is 33.2 Å². The van der Waals surface area contributed by atoms with Crippen LogP contribution in [0.15, 0.2) is 56.7 Å². The summed E-state index contributed by atoms with van der Waals surface area (Å²) >= 11 is 0. The Kier molecular flexibility index (Phi) is 5.07. The van der Waals surface area contributed by atoms with Gasteiger partial charge in [-0.2, -0.15) is 16.8 Å². The van der Waals surface area contributed by atoms with Gasteiger partial charge in [0.2, 0.25) is 0 Å². The number of anilines is 1. The van der Waals surface area contributed by atoms with Crippen molar-refractivity contribution >= 4 is 36.9 Å². The second-order valence-corrected chi connectivity index (χ2v) is 12.1. The first kappa shape index (κ1) is 23.2. The largest absolute Gasteiger partial charge is 0.455 e. The summed E-state index contributed by atoms with van der Waals surface area (Å²) in [5, 5.41) is 7.16. The Labute approximate surface area is 207 Å². The normalized spacial score (nSPS) is 15.9. The van der Waals surface area contributed by atoms with Gasteiger partial charge >= 0.3 is 0 Å². The molecule has 6 rings (SSSR count). The van der Waals surface area contributed by atoms with E-state index in [-0.39, 0.29) is 5.56 Å². The number of aryl methyl sites for hydroxylation is 2. The van der Waals surface area contributed by atoms with E-state index in [1.807, 2.05) is 6.07 Å². The van der Waals surface area contributed by atoms with Gasteiger partial charge in [0.15, 0.2) is 5.36 Å². The molecule has 0 bridgehead atoms. The van der Waals surface area contributed by atoms with Crippen LogP contribution in [0.2, 0.25) is 0 Å². The van der Waals surface area contributed by atoms with E-state index in [1.54, 1.807) is 18.2 Å². The van der Waals surface area contributed by atoms with Crippen LogP contribution in [0.25, 0.3) is 33.4 Å². The lowest BCUT2D eigenvalue weighted by Gasteiger charge is -2.37. The Morgan fingerprint density at radius 1 is 0.861 bits per heavy atom. The van der Waals surface area contributed by atoms with Gasteiger partial charge in [0.1, 0.15) is 16.2 Å². The van der Waals surface area contributed by atoms with Crippen molar-refractivity contribution in [2.45, 2.75) is 35.5 Å². The first-order valence-corrected chi connectivity index (χ1v) is 14.4. The van der Waals surface area contributed by atoms with Crippen LogP contribution in [-0.4, -0.2) is 39.0 Å². The van der Waals surface area contributed by atoms with Crippen LogP contribution in [0.4, 0.5) is 5.69 Å². The molecular formula is C25H23N2O7S2+. The van der Waals surface area contributed by atoms with Gasteiger partial charge < -0.3 is 9.32 Å². The monoisotopic (exact) mass is 527 g/mol. The molecule has 0 amide bonds. The van der Waals surface area contributed by atoms with Crippen molar-refractivity contribution in [2.24, 2.45) is 0 Å². The summed E-state index contributed by atoms with van der Waals surface area (Å²) in [5.41, 5.74) is 5.07. The van der Waals surface area contributed by atoms with Gasteiger partial charge in [-0.1, -0.05) is 6.07 Å². The topological polar surface area (TPSA) is 151 Å². The maximum Gasteiger partial charge on any atom is 0.295 e. The van der Waals surface area contributed by atoms with Gasteiger partial charge in [-0.25, -0.2) is 0 Å². The van der Waals surface area contributed by atoms with E-state index in [4.69, 9.17) is 9.83 Å². The third kappa shape index (κ3) is 3.62. The Morgan fingerprint density at radius 3 is 2.31 bits per heavy atom. The van der Waals surface area contributed by atoms with E-state index < -0.39 is 30.0 Å². The quantitative estimate of drug-likeness (QED) is 0.271. The molecule has 2 aromatic carbocycles. The summed E-state index contributed by atoms with van der Waals surface area (Å²) in [6.07, 6.45) is 3.60. The summed E-state index contributed by atoms with van der Waals surface area (Å²) < 4.78 is 74.4. The second kappa shape index (κ2) is 7.87. The van der Waals surface area contributed by atoms with Crippen molar-refractivity contribution in [3.8, 4) is 22.5 Å². The number of rotatable bonds is 3. The zero-order chi connectivity index (χ0) is 25.4. The minimum Gasteiger partial charge on any atom is -0.455 e. The first-order chi connectivity index (χ1) is 17.0. The van der Waals surface area contributed by atoms with E-state index in [2.05, 4.69) is 4.90 Å². The molecule has 1 aliphatic carbocycles. The summed E-state index contributed by atoms with van der Waals surface area (Å²) in [4.78, 5) is 1.09. The number of fused-ring (bicyclic) bond motifs is 3. The fraction of sp³-hybridized carbons (Fsp3) is 0.240. The van der Waals surface area contributed by atoms with E-state index in [9.17, 15) is 25.9 Å². The van der Waals surface area contributed by atoms with Crippen molar-refractivity contribution in [3.63, 3.8) is 0 Å². The van der Waals surface area contributed by atoms with Crippen LogP contribution in [0.3, 0.4) is 0 Å². The number of benzene rings is 3. The molecule has 0 radical (unpaired) electrons. The molecule has 4 N–H and O–H groups in total. The maximum atomic E-state index is 12.5. The number of nitrogens with two attached hydrogens (primary N) is 1. The van der Waals surface area contributed by atoms with E-state index >= 15 is 0 Å². The highest BCUT2D eigenvalue weighted by molar-refractivity contribution is 7.86. The molecule has 9 nitrogen and oxygen atoms in total. The fourth-order valence-corrected chi connectivity index (χ4v) is 6.90. The summed E-state index contributed by atoms with van der Waals surface area (Å²) in [5.74, 6) is 0.432. The molecule has 0 fully saturated rings. The number of nitrogens with zero attached hydrogens (tertiary/aromatic N) is 1. The molecule has 186 valence electrons. The lowest BCUT2D eigenvalue weighted by Crippen LogP contribution is -2.44. The van der Waals surface area contributed by atoms with Gasteiger partial charge in [-0.05, 0) is 55.5 Å². The Bertz CT molecular complexity index is 1820. The van der Waals surface area contributed by atoms with E-state index in [1.165, 1.54) is 6.07 Å². The molecule has 3 aliphatic heterocycles. The van der Waals surface area contributed by atoms with Crippen LogP contribution < -0.4 is 15.7 Å². The Morgan fingerprint density at radius 2 is 1.58 bits per heavy atom. The van der Waals surface area contributed by atoms with Crippen molar-refractivity contribution in [1.29, 1.82) is 0 Å². The van der Waals surface area contributed by atoms with E-state index in [0.717, 1.165) is 67.7 Å². The Balaban J connectivity index is 1.80. The van der Waals surface area contributed by atoms with Crippen molar-refractivity contribution in [3.05, 3.63) is 58.9 Å².